The molecule has 9 heteroatoms. The van der Waals surface area contributed by atoms with Crippen LogP contribution in [-0.2, 0) is 10.0 Å². The monoisotopic (exact) mass is 433 g/mol. The third kappa shape index (κ3) is 4.46. The van der Waals surface area contributed by atoms with E-state index in [2.05, 4.69) is 11.6 Å². The SMILES string of the molecule is CCCCN1CCN(c2ccc(S(=O)(=O)Nc3cc(C)c(OC)c(O)c3)cc2)C1=O. The number of anilines is 2. The Kier molecular flexibility index (Phi) is 6.40. The number of carbonyl (C=O) groups is 1. The normalized spacial score (nSPS) is 14.3. The number of carbonyl (C=O) groups excluding carboxylic acids is 1. The number of sulfonamides is 1. The number of phenolic OH excluding ortho intramolecular Hbond substituents is 1. The molecule has 2 N–H and O–H groups in total. The molecule has 2 aromatic carbocycles. The van der Waals surface area contributed by atoms with Gasteiger partial charge in [0.2, 0.25) is 0 Å². The lowest BCUT2D eigenvalue weighted by molar-refractivity contribution is 0.220. The summed E-state index contributed by atoms with van der Waals surface area (Å²) in [5.74, 6) is 0.149. The summed E-state index contributed by atoms with van der Waals surface area (Å²) in [4.78, 5) is 16.1. The standard InChI is InChI=1S/C21H27N3O5S/c1-4-5-10-23-11-12-24(21(23)26)17-6-8-18(9-7-17)30(27,28)22-16-13-15(2)20(29-3)19(25)14-16/h6-9,13-14,22,25H,4-5,10-12H2,1-3H3. The van der Waals surface area contributed by atoms with E-state index in [9.17, 15) is 18.3 Å². The third-order valence-corrected chi connectivity index (χ3v) is 6.44. The number of benzene rings is 2. The lowest BCUT2D eigenvalue weighted by atomic mass is 10.2. The molecule has 1 aliphatic heterocycles. The van der Waals surface area contributed by atoms with Crippen LogP contribution in [0.3, 0.4) is 0 Å². The van der Waals surface area contributed by atoms with Gasteiger partial charge in [0.25, 0.3) is 10.0 Å². The molecule has 3 rings (SSSR count). The number of hydrogen-bond donors (Lipinski definition) is 2. The maximum absolute atomic E-state index is 12.7. The zero-order valence-electron chi connectivity index (χ0n) is 17.4. The summed E-state index contributed by atoms with van der Waals surface area (Å²) >= 11 is 0. The van der Waals surface area contributed by atoms with Crippen LogP contribution in [0.4, 0.5) is 16.2 Å². The molecule has 0 spiro atoms. The number of urea groups is 1. The minimum Gasteiger partial charge on any atom is -0.504 e. The number of nitrogens with one attached hydrogen (secondary N) is 1. The number of rotatable bonds is 8. The van der Waals surface area contributed by atoms with Crippen molar-refractivity contribution >= 4 is 27.4 Å². The summed E-state index contributed by atoms with van der Waals surface area (Å²) in [6.45, 7) is 5.77. The van der Waals surface area contributed by atoms with Crippen LogP contribution in [0.25, 0.3) is 0 Å². The van der Waals surface area contributed by atoms with E-state index < -0.39 is 10.0 Å². The quantitative estimate of drug-likeness (QED) is 0.663. The second-order valence-corrected chi connectivity index (χ2v) is 8.90. The van der Waals surface area contributed by atoms with Crippen LogP contribution in [0.5, 0.6) is 11.5 Å². The van der Waals surface area contributed by atoms with Gasteiger partial charge in [0.15, 0.2) is 11.5 Å². The predicted molar refractivity (Wildman–Crippen MR) is 116 cm³/mol. The smallest absolute Gasteiger partial charge is 0.324 e. The molecule has 8 nitrogen and oxygen atoms in total. The van der Waals surface area contributed by atoms with Crippen molar-refractivity contribution in [3.05, 3.63) is 42.0 Å². The van der Waals surface area contributed by atoms with E-state index in [1.165, 1.54) is 25.3 Å². The molecule has 1 fully saturated rings. The highest BCUT2D eigenvalue weighted by Gasteiger charge is 2.29. The lowest BCUT2D eigenvalue weighted by Crippen LogP contribution is -2.32. The van der Waals surface area contributed by atoms with Crippen LogP contribution in [0.2, 0.25) is 0 Å². The van der Waals surface area contributed by atoms with Gasteiger partial charge in [0.05, 0.1) is 17.7 Å². The molecule has 162 valence electrons. The van der Waals surface area contributed by atoms with Crippen LogP contribution in [0, 0.1) is 6.92 Å². The van der Waals surface area contributed by atoms with Crippen molar-refractivity contribution in [1.29, 1.82) is 0 Å². The second-order valence-electron chi connectivity index (χ2n) is 7.22. The largest absolute Gasteiger partial charge is 0.504 e. The first-order valence-corrected chi connectivity index (χ1v) is 11.3. The van der Waals surface area contributed by atoms with Crippen LogP contribution < -0.4 is 14.4 Å². The van der Waals surface area contributed by atoms with Gasteiger partial charge in [0.1, 0.15) is 0 Å². The highest BCUT2D eigenvalue weighted by Crippen LogP contribution is 2.34. The molecular weight excluding hydrogens is 406 g/mol. The number of phenols is 1. The van der Waals surface area contributed by atoms with E-state index >= 15 is 0 Å². The Bertz CT molecular complexity index is 998. The van der Waals surface area contributed by atoms with Crippen molar-refractivity contribution in [2.24, 2.45) is 0 Å². The molecular formula is C21H27N3O5S. The fourth-order valence-corrected chi connectivity index (χ4v) is 4.52. The van der Waals surface area contributed by atoms with Crippen LogP contribution >= 0.6 is 0 Å². The molecule has 2 aromatic rings. The Morgan fingerprint density at radius 3 is 2.47 bits per heavy atom. The number of amides is 2. The first-order chi connectivity index (χ1) is 14.3. The molecule has 1 saturated heterocycles. The average molecular weight is 434 g/mol. The fraction of sp³-hybridized carbons (Fsp3) is 0.381. The van der Waals surface area contributed by atoms with Crippen LogP contribution in [-0.4, -0.2) is 51.2 Å². The Hall–Kier alpha value is -2.94. The summed E-state index contributed by atoms with van der Waals surface area (Å²) < 4.78 is 33.0. The zero-order chi connectivity index (χ0) is 21.9. The minimum atomic E-state index is -3.86. The first kappa shape index (κ1) is 21.8. The Balaban J connectivity index is 1.75. The molecule has 0 aliphatic carbocycles. The molecule has 30 heavy (non-hydrogen) atoms. The number of hydrogen-bond acceptors (Lipinski definition) is 5. The van der Waals surface area contributed by atoms with Gasteiger partial charge in [-0.1, -0.05) is 13.3 Å². The summed E-state index contributed by atoms with van der Waals surface area (Å²) in [6, 6.07) is 9.02. The number of methoxy groups -OCH3 is 1. The molecule has 0 atom stereocenters. The summed E-state index contributed by atoms with van der Waals surface area (Å²) in [5, 5.41) is 10.00. The van der Waals surface area contributed by atoms with Gasteiger partial charge >= 0.3 is 6.03 Å². The molecule has 0 aromatic heterocycles. The number of unbranched alkanes of at least 4 members (excludes halogenated alkanes) is 1. The molecule has 0 bridgehead atoms. The van der Waals surface area contributed by atoms with Gasteiger partial charge in [-0.2, -0.15) is 0 Å². The lowest BCUT2D eigenvalue weighted by Gasteiger charge is -2.19. The zero-order valence-corrected chi connectivity index (χ0v) is 18.2. The summed E-state index contributed by atoms with van der Waals surface area (Å²) in [6.07, 6.45) is 1.98. The second kappa shape index (κ2) is 8.83. The van der Waals surface area contributed by atoms with Gasteiger partial charge in [-0.15, -0.1) is 0 Å². The molecule has 0 saturated carbocycles. The molecule has 1 heterocycles. The molecule has 0 unspecified atom stereocenters. The minimum absolute atomic E-state index is 0.0543. The van der Waals surface area contributed by atoms with Crippen LogP contribution in [0.1, 0.15) is 25.3 Å². The van der Waals surface area contributed by atoms with E-state index in [1.54, 1.807) is 30.0 Å². The van der Waals surface area contributed by atoms with E-state index in [0.29, 0.717) is 30.1 Å². The maximum atomic E-state index is 12.7. The molecule has 0 radical (unpaired) electrons. The summed E-state index contributed by atoms with van der Waals surface area (Å²) in [7, 11) is -2.43. The van der Waals surface area contributed by atoms with Crippen molar-refractivity contribution < 1.29 is 23.1 Å². The van der Waals surface area contributed by atoms with Gasteiger partial charge in [-0.3, -0.25) is 9.62 Å². The highest BCUT2D eigenvalue weighted by atomic mass is 32.2. The van der Waals surface area contributed by atoms with Crippen molar-refractivity contribution in [2.75, 3.05) is 36.4 Å². The molecule has 2 amide bonds. The van der Waals surface area contributed by atoms with Crippen molar-refractivity contribution in [1.82, 2.24) is 4.90 Å². The summed E-state index contributed by atoms with van der Waals surface area (Å²) in [5.41, 5.74) is 1.50. The Labute approximate surface area is 177 Å². The Morgan fingerprint density at radius 2 is 1.87 bits per heavy atom. The van der Waals surface area contributed by atoms with Crippen molar-refractivity contribution in [2.45, 2.75) is 31.6 Å². The Morgan fingerprint density at radius 1 is 1.17 bits per heavy atom. The topological polar surface area (TPSA) is 99.2 Å². The van der Waals surface area contributed by atoms with E-state index in [4.69, 9.17) is 4.74 Å². The molecule has 1 aliphatic rings. The van der Waals surface area contributed by atoms with Gasteiger partial charge in [-0.05, 0) is 49.2 Å². The first-order valence-electron chi connectivity index (χ1n) is 9.83. The number of aryl methyl sites for hydroxylation is 1. The van der Waals surface area contributed by atoms with Gasteiger partial charge < -0.3 is 14.7 Å². The number of ether oxygens (including phenoxy) is 1. The van der Waals surface area contributed by atoms with Crippen LogP contribution in [0.15, 0.2) is 41.3 Å². The highest BCUT2D eigenvalue weighted by molar-refractivity contribution is 7.92. The fourth-order valence-electron chi connectivity index (χ4n) is 3.48. The van der Waals surface area contributed by atoms with E-state index in [0.717, 1.165) is 19.4 Å². The van der Waals surface area contributed by atoms with Gasteiger partial charge in [-0.25, -0.2) is 13.2 Å². The van der Waals surface area contributed by atoms with Crippen molar-refractivity contribution in [3.8, 4) is 11.5 Å². The predicted octanol–water partition coefficient (Wildman–Crippen LogP) is 3.55. The maximum Gasteiger partial charge on any atom is 0.324 e. The van der Waals surface area contributed by atoms with E-state index in [-0.39, 0.29) is 22.4 Å². The average Bonchev–Trinajstić information content (AvgIpc) is 3.06. The van der Waals surface area contributed by atoms with E-state index in [1.807, 2.05) is 4.90 Å². The van der Waals surface area contributed by atoms with Gasteiger partial charge in [0, 0.05) is 31.4 Å². The number of aromatic hydroxyl groups is 1. The number of nitrogens with zero attached hydrogens (tertiary/aromatic N) is 2. The third-order valence-electron chi connectivity index (χ3n) is 5.05. The van der Waals surface area contributed by atoms with Crippen molar-refractivity contribution in [3.63, 3.8) is 0 Å².